The minimum absolute atomic E-state index is 0.0747. The van der Waals surface area contributed by atoms with Gasteiger partial charge in [0, 0.05) is 11.1 Å². The van der Waals surface area contributed by atoms with Gasteiger partial charge >= 0.3 is 5.69 Å². The number of benzene rings is 1. The second-order valence-corrected chi connectivity index (χ2v) is 7.89. The topological polar surface area (TPSA) is 115 Å². The van der Waals surface area contributed by atoms with Crippen molar-refractivity contribution >= 4 is 17.7 Å². The number of H-pyrrole nitrogens is 1. The minimum atomic E-state index is -0.825. The molecule has 0 fully saturated rings. The molecular weight excluding hydrogens is 425 g/mol. The minimum Gasteiger partial charge on any atom is -0.384 e. The SMILES string of the molecule is [C-]#[N+]C=Cc1cc(C)cc(C(=O)c2c(C(C)C)c(=O)[nH]c(=O)n2Cc2cc(N)nc(F)c2)c1. The van der Waals surface area contributed by atoms with Crippen molar-refractivity contribution in [2.24, 2.45) is 0 Å². The van der Waals surface area contributed by atoms with Crippen molar-refractivity contribution in [3.8, 4) is 0 Å². The smallest absolute Gasteiger partial charge is 0.329 e. The van der Waals surface area contributed by atoms with Gasteiger partial charge in [0.2, 0.25) is 11.7 Å². The van der Waals surface area contributed by atoms with Crippen LogP contribution >= 0.6 is 0 Å². The lowest BCUT2D eigenvalue weighted by molar-refractivity contribution is 0.102. The Morgan fingerprint density at radius 3 is 2.64 bits per heavy atom. The number of aromatic nitrogens is 3. The van der Waals surface area contributed by atoms with E-state index in [-0.39, 0.29) is 35.1 Å². The van der Waals surface area contributed by atoms with Gasteiger partial charge in [0.15, 0.2) is 6.20 Å². The van der Waals surface area contributed by atoms with Crippen LogP contribution in [0.15, 0.2) is 46.1 Å². The van der Waals surface area contributed by atoms with Crippen molar-refractivity contribution in [1.82, 2.24) is 14.5 Å². The molecule has 0 radical (unpaired) electrons. The third-order valence-corrected chi connectivity index (χ3v) is 4.95. The maximum Gasteiger partial charge on any atom is 0.329 e. The lowest BCUT2D eigenvalue weighted by atomic mass is 9.95. The molecule has 3 aromatic rings. The van der Waals surface area contributed by atoms with Gasteiger partial charge in [-0.05, 0) is 53.8 Å². The fourth-order valence-electron chi connectivity index (χ4n) is 3.66. The number of carbonyl (C=O) groups excluding carboxylic acids is 1. The van der Waals surface area contributed by atoms with E-state index in [1.165, 1.54) is 12.3 Å². The van der Waals surface area contributed by atoms with E-state index in [1.807, 2.05) is 0 Å². The van der Waals surface area contributed by atoms with E-state index in [4.69, 9.17) is 12.3 Å². The third kappa shape index (κ3) is 5.13. The predicted octanol–water partition coefficient (Wildman–Crippen LogP) is 3.25. The first-order valence-electron chi connectivity index (χ1n) is 10.1. The molecule has 3 rings (SSSR count). The number of nitrogens with two attached hydrogens (primary N) is 1. The number of hydrogen-bond donors (Lipinski definition) is 2. The van der Waals surface area contributed by atoms with Gasteiger partial charge in [0.25, 0.3) is 5.56 Å². The van der Waals surface area contributed by atoms with Crippen LogP contribution in [0, 0.1) is 19.4 Å². The molecule has 2 aromatic heterocycles. The van der Waals surface area contributed by atoms with Crippen LogP contribution in [0.25, 0.3) is 10.9 Å². The molecule has 3 N–H and O–H groups in total. The standard InChI is InChI=1S/C24H22FN5O3/c1-13(2)20-21(22(31)17-8-14(3)7-15(9-17)5-6-27-4)30(24(33)29-23(20)32)12-16-10-18(25)28-19(26)11-16/h5-11,13H,12H2,1-3H3,(H2,26,28)(H,29,32,33). The molecule has 2 heterocycles. The molecule has 0 bridgehead atoms. The number of ketones is 1. The first-order valence-corrected chi connectivity index (χ1v) is 10.1. The van der Waals surface area contributed by atoms with E-state index < -0.39 is 23.0 Å². The number of rotatable bonds is 6. The van der Waals surface area contributed by atoms with Gasteiger partial charge in [0.05, 0.1) is 13.1 Å². The van der Waals surface area contributed by atoms with Gasteiger partial charge in [-0.2, -0.15) is 4.39 Å². The van der Waals surface area contributed by atoms with Crippen molar-refractivity contribution in [3.63, 3.8) is 0 Å². The number of nitrogens with one attached hydrogen (secondary N) is 1. The van der Waals surface area contributed by atoms with Gasteiger partial charge in [-0.25, -0.2) is 14.6 Å². The Balaban J connectivity index is 2.27. The molecule has 0 saturated carbocycles. The van der Waals surface area contributed by atoms with E-state index in [0.717, 1.165) is 16.2 Å². The number of carbonyl (C=O) groups is 1. The molecule has 8 nitrogen and oxygen atoms in total. The number of hydrogen-bond acceptors (Lipinski definition) is 5. The van der Waals surface area contributed by atoms with E-state index in [1.54, 1.807) is 45.0 Å². The Morgan fingerprint density at radius 1 is 1.27 bits per heavy atom. The van der Waals surface area contributed by atoms with Crippen molar-refractivity contribution in [3.05, 3.63) is 108 Å². The molecule has 0 aliphatic heterocycles. The summed E-state index contributed by atoms with van der Waals surface area (Å²) in [6, 6.07) is 7.53. The maximum atomic E-state index is 13.8. The van der Waals surface area contributed by atoms with E-state index in [2.05, 4.69) is 14.8 Å². The second-order valence-electron chi connectivity index (χ2n) is 7.89. The molecule has 0 spiro atoms. The van der Waals surface area contributed by atoms with Crippen LogP contribution < -0.4 is 17.0 Å². The molecular formula is C24H22FN5O3. The molecule has 168 valence electrons. The summed E-state index contributed by atoms with van der Waals surface area (Å²) in [6.07, 6.45) is 2.83. The molecule has 1 aromatic carbocycles. The zero-order valence-corrected chi connectivity index (χ0v) is 18.3. The number of nitrogen functional groups attached to an aromatic ring is 1. The van der Waals surface area contributed by atoms with E-state index in [0.29, 0.717) is 11.1 Å². The van der Waals surface area contributed by atoms with Gasteiger partial charge < -0.3 is 5.73 Å². The van der Waals surface area contributed by atoms with Crippen LogP contribution in [-0.4, -0.2) is 20.3 Å². The summed E-state index contributed by atoms with van der Waals surface area (Å²) in [4.78, 5) is 48.1. The van der Waals surface area contributed by atoms with Crippen LogP contribution in [0.2, 0.25) is 0 Å². The average Bonchev–Trinajstić information content (AvgIpc) is 2.72. The van der Waals surface area contributed by atoms with Crippen molar-refractivity contribution in [1.29, 1.82) is 0 Å². The molecule has 0 saturated heterocycles. The highest BCUT2D eigenvalue weighted by Crippen LogP contribution is 2.21. The highest BCUT2D eigenvalue weighted by Gasteiger charge is 2.25. The number of aryl methyl sites for hydroxylation is 1. The highest BCUT2D eigenvalue weighted by molar-refractivity contribution is 6.09. The van der Waals surface area contributed by atoms with E-state index in [9.17, 15) is 18.8 Å². The van der Waals surface area contributed by atoms with Gasteiger partial charge in [-0.15, -0.1) is 0 Å². The summed E-state index contributed by atoms with van der Waals surface area (Å²) in [5, 5.41) is 0. The van der Waals surface area contributed by atoms with Crippen LogP contribution in [0.5, 0.6) is 0 Å². The number of nitrogens with zero attached hydrogens (tertiary/aromatic N) is 3. The Labute approximate surface area is 189 Å². The quantitative estimate of drug-likeness (QED) is 0.342. The highest BCUT2D eigenvalue weighted by atomic mass is 19.1. The summed E-state index contributed by atoms with van der Waals surface area (Å²) in [7, 11) is 0. The van der Waals surface area contributed by atoms with Crippen LogP contribution in [0.4, 0.5) is 10.2 Å². The Bertz CT molecular complexity index is 1410. The summed E-state index contributed by atoms with van der Waals surface area (Å²) < 4.78 is 14.9. The fraction of sp³-hybridized carbons (Fsp3) is 0.208. The predicted molar refractivity (Wildman–Crippen MR) is 123 cm³/mol. The maximum absolute atomic E-state index is 13.8. The first-order chi connectivity index (χ1) is 15.6. The number of aromatic amines is 1. The Hall–Kier alpha value is -4.32. The number of halogens is 1. The lowest BCUT2D eigenvalue weighted by Crippen LogP contribution is -2.38. The Morgan fingerprint density at radius 2 is 2.00 bits per heavy atom. The molecule has 0 unspecified atom stereocenters. The number of anilines is 1. The monoisotopic (exact) mass is 447 g/mol. The van der Waals surface area contributed by atoms with Crippen LogP contribution in [0.3, 0.4) is 0 Å². The molecule has 0 atom stereocenters. The summed E-state index contributed by atoms with van der Waals surface area (Å²) in [5.74, 6) is -1.82. The lowest BCUT2D eigenvalue weighted by Gasteiger charge is -2.18. The zero-order chi connectivity index (χ0) is 24.3. The van der Waals surface area contributed by atoms with Crippen molar-refractivity contribution in [2.45, 2.75) is 33.2 Å². The summed E-state index contributed by atoms with van der Waals surface area (Å²) >= 11 is 0. The fourth-order valence-corrected chi connectivity index (χ4v) is 3.66. The third-order valence-electron chi connectivity index (χ3n) is 4.95. The van der Waals surface area contributed by atoms with Crippen LogP contribution in [0.1, 0.15) is 58.1 Å². The number of pyridine rings is 1. The molecule has 0 amide bonds. The molecule has 0 aliphatic carbocycles. The second kappa shape index (κ2) is 9.44. The largest absolute Gasteiger partial charge is 0.384 e. The Kier molecular flexibility index (Phi) is 6.68. The molecule has 0 aliphatic rings. The normalized spacial score (nSPS) is 11.2. The van der Waals surface area contributed by atoms with Gasteiger partial charge in [-0.3, -0.25) is 19.1 Å². The van der Waals surface area contributed by atoms with Crippen LogP contribution in [-0.2, 0) is 6.54 Å². The first kappa shape index (κ1) is 23.3. The molecule has 33 heavy (non-hydrogen) atoms. The van der Waals surface area contributed by atoms with Crippen molar-refractivity contribution < 1.29 is 9.18 Å². The van der Waals surface area contributed by atoms with E-state index >= 15 is 0 Å². The average molecular weight is 447 g/mol. The summed E-state index contributed by atoms with van der Waals surface area (Å²) in [5.41, 5.74) is 6.17. The van der Waals surface area contributed by atoms with Gasteiger partial charge in [-0.1, -0.05) is 26.0 Å². The summed E-state index contributed by atoms with van der Waals surface area (Å²) in [6.45, 7) is 12.0. The molecule has 9 heteroatoms. The van der Waals surface area contributed by atoms with Crippen molar-refractivity contribution in [2.75, 3.05) is 5.73 Å². The zero-order valence-electron chi connectivity index (χ0n) is 18.3. The van der Waals surface area contributed by atoms with Gasteiger partial charge in [0.1, 0.15) is 11.5 Å².